The van der Waals surface area contributed by atoms with Crippen molar-refractivity contribution in [2.45, 2.75) is 26.3 Å². The number of nitrogens with one attached hydrogen (secondary N) is 2. The van der Waals surface area contributed by atoms with Crippen molar-refractivity contribution in [3.8, 4) is 0 Å². The van der Waals surface area contributed by atoms with Crippen LogP contribution in [0.5, 0.6) is 0 Å². The van der Waals surface area contributed by atoms with Gasteiger partial charge in [-0.3, -0.25) is 14.3 Å². The Morgan fingerprint density at radius 1 is 1.29 bits per heavy atom. The van der Waals surface area contributed by atoms with Gasteiger partial charge in [-0.25, -0.2) is 0 Å². The molecular formula is C20H22BrN5O2. The lowest BCUT2D eigenvalue weighted by molar-refractivity contribution is -0.121. The van der Waals surface area contributed by atoms with Gasteiger partial charge in [0.2, 0.25) is 5.91 Å². The van der Waals surface area contributed by atoms with Gasteiger partial charge in [0.15, 0.2) is 0 Å². The molecule has 3 aromatic rings. The van der Waals surface area contributed by atoms with Crippen LogP contribution in [-0.4, -0.2) is 44.6 Å². The molecule has 0 unspecified atom stereocenters. The molecule has 1 saturated heterocycles. The number of carbonyl (C=O) groups is 2. The van der Waals surface area contributed by atoms with Crippen molar-refractivity contribution in [1.82, 2.24) is 19.7 Å². The Kier molecular flexibility index (Phi) is 5.21. The van der Waals surface area contributed by atoms with E-state index in [0.29, 0.717) is 31.6 Å². The molecule has 146 valence electrons. The number of fused-ring (bicyclic) bond motifs is 1. The molecule has 2 N–H and O–H groups in total. The first-order chi connectivity index (χ1) is 13.5. The fourth-order valence-corrected chi connectivity index (χ4v) is 3.94. The number of aryl methyl sites for hydroxylation is 1. The van der Waals surface area contributed by atoms with E-state index in [4.69, 9.17) is 0 Å². The number of hydrogen-bond acceptors (Lipinski definition) is 3. The number of H-pyrrole nitrogens is 1. The Labute approximate surface area is 171 Å². The van der Waals surface area contributed by atoms with Crippen molar-refractivity contribution >= 4 is 44.3 Å². The van der Waals surface area contributed by atoms with Crippen molar-refractivity contribution in [2.24, 2.45) is 5.92 Å². The van der Waals surface area contributed by atoms with Crippen LogP contribution in [0.4, 0.5) is 5.69 Å². The van der Waals surface area contributed by atoms with Gasteiger partial charge in [0.1, 0.15) is 5.69 Å². The molecule has 0 radical (unpaired) electrons. The van der Waals surface area contributed by atoms with Crippen LogP contribution in [0, 0.1) is 5.92 Å². The van der Waals surface area contributed by atoms with Crippen molar-refractivity contribution in [3.63, 3.8) is 0 Å². The number of likely N-dealkylation sites (tertiary alicyclic amines) is 1. The second kappa shape index (κ2) is 7.79. The van der Waals surface area contributed by atoms with Crippen LogP contribution < -0.4 is 5.32 Å². The number of rotatable bonds is 4. The maximum atomic E-state index is 12.8. The highest BCUT2D eigenvalue weighted by atomic mass is 79.9. The third-order valence-electron chi connectivity index (χ3n) is 5.19. The van der Waals surface area contributed by atoms with E-state index < -0.39 is 0 Å². The van der Waals surface area contributed by atoms with Gasteiger partial charge in [0.25, 0.3) is 5.91 Å². The Hall–Kier alpha value is -2.61. The minimum absolute atomic E-state index is 0.00165. The third-order valence-corrected chi connectivity index (χ3v) is 5.69. The molecule has 0 spiro atoms. The van der Waals surface area contributed by atoms with Crippen LogP contribution in [0.3, 0.4) is 0 Å². The Morgan fingerprint density at radius 3 is 2.79 bits per heavy atom. The average molecular weight is 444 g/mol. The van der Waals surface area contributed by atoms with E-state index in [2.05, 4.69) is 31.3 Å². The van der Waals surface area contributed by atoms with Crippen LogP contribution >= 0.6 is 15.9 Å². The molecule has 28 heavy (non-hydrogen) atoms. The summed E-state index contributed by atoms with van der Waals surface area (Å²) in [6, 6.07) is 7.78. The van der Waals surface area contributed by atoms with Crippen molar-refractivity contribution in [3.05, 3.63) is 46.8 Å². The molecule has 2 aromatic heterocycles. The van der Waals surface area contributed by atoms with Crippen LogP contribution in [0.2, 0.25) is 0 Å². The molecule has 8 heteroatoms. The zero-order valence-electron chi connectivity index (χ0n) is 15.6. The SMILES string of the molecule is CCn1cc(NC(=O)C2CCN(C(=O)c3cc4ccc(Br)cc4[nH]3)CC2)cn1. The quantitative estimate of drug-likeness (QED) is 0.645. The van der Waals surface area contributed by atoms with Crippen LogP contribution in [0.1, 0.15) is 30.3 Å². The summed E-state index contributed by atoms with van der Waals surface area (Å²) in [5.41, 5.74) is 2.23. The molecule has 0 saturated carbocycles. The highest BCUT2D eigenvalue weighted by Crippen LogP contribution is 2.24. The Morgan fingerprint density at radius 2 is 2.07 bits per heavy atom. The molecule has 4 rings (SSSR count). The summed E-state index contributed by atoms with van der Waals surface area (Å²) in [7, 11) is 0. The van der Waals surface area contributed by atoms with Crippen molar-refractivity contribution in [1.29, 1.82) is 0 Å². The second-order valence-corrected chi connectivity index (χ2v) is 7.97. The highest BCUT2D eigenvalue weighted by Gasteiger charge is 2.28. The smallest absolute Gasteiger partial charge is 0.270 e. The van der Waals surface area contributed by atoms with Gasteiger partial charge in [-0.15, -0.1) is 0 Å². The molecule has 0 aliphatic carbocycles. The standard InChI is InChI=1S/C20H22BrN5O2/c1-2-26-12-16(11-22-26)23-19(27)13-5-7-25(8-6-13)20(28)18-9-14-3-4-15(21)10-17(14)24-18/h3-4,9-13,24H,2,5-8H2,1H3,(H,23,27). The molecular weight excluding hydrogens is 422 g/mol. The van der Waals surface area contributed by atoms with E-state index in [1.165, 1.54) is 0 Å². The zero-order chi connectivity index (χ0) is 19.7. The molecule has 2 amide bonds. The summed E-state index contributed by atoms with van der Waals surface area (Å²) in [6.45, 7) is 3.91. The molecule has 1 aliphatic rings. The summed E-state index contributed by atoms with van der Waals surface area (Å²) in [4.78, 5) is 30.3. The number of carbonyl (C=O) groups excluding carboxylic acids is 2. The molecule has 3 heterocycles. The predicted molar refractivity (Wildman–Crippen MR) is 111 cm³/mol. The molecule has 1 aliphatic heterocycles. The number of piperidine rings is 1. The molecule has 0 atom stereocenters. The van der Waals surface area contributed by atoms with Crippen LogP contribution in [-0.2, 0) is 11.3 Å². The molecule has 1 aromatic carbocycles. The topological polar surface area (TPSA) is 83.0 Å². The Balaban J connectivity index is 1.36. The van der Waals surface area contributed by atoms with Gasteiger partial charge in [-0.05, 0) is 38.0 Å². The Bertz CT molecular complexity index is 1020. The van der Waals surface area contributed by atoms with E-state index in [1.807, 2.05) is 42.3 Å². The highest BCUT2D eigenvalue weighted by molar-refractivity contribution is 9.10. The monoisotopic (exact) mass is 443 g/mol. The first kappa shape index (κ1) is 18.7. The summed E-state index contributed by atoms with van der Waals surface area (Å²) >= 11 is 3.45. The van der Waals surface area contributed by atoms with Gasteiger partial charge >= 0.3 is 0 Å². The number of anilines is 1. The first-order valence-electron chi connectivity index (χ1n) is 9.44. The van der Waals surface area contributed by atoms with E-state index >= 15 is 0 Å². The largest absolute Gasteiger partial charge is 0.350 e. The summed E-state index contributed by atoms with van der Waals surface area (Å²) in [5.74, 6) is -0.110. The summed E-state index contributed by atoms with van der Waals surface area (Å²) in [5, 5.41) is 8.10. The lowest BCUT2D eigenvalue weighted by atomic mass is 9.95. The molecule has 1 fully saturated rings. The zero-order valence-corrected chi connectivity index (χ0v) is 17.2. The summed E-state index contributed by atoms with van der Waals surface area (Å²) in [6.07, 6.45) is 4.80. The lowest BCUT2D eigenvalue weighted by Gasteiger charge is -2.31. The number of benzene rings is 1. The maximum absolute atomic E-state index is 12.8. The predicted octanol–water partition coefficient (Wildman–Crippen LogP) is 3.64. The lowest BCUT2D eigenvalue weighted by Crippen LogP contribution is -2.41. The fraction of sp³-hybridized carbons (Fsp3) is 0.350. The van der Waals surface area contributed by atoms with Gasteiger partial charge in [0.05, 0.1) is 11.9 Å². The number of halogens is 1. The van der Waals surface area contributed by atoms with E-state index in [0.717, 1.165) is 27.6 Å². The van der Waals surface area contributed by atoms with E-state index in [1.54, 1.807) is 10.9 Å². The van der Waals surface area contributed by atoms with Gasteiger partial charge in [-0.2, -0.15) is 5.10 Å². The average Bonchev–Trinajstić information content (AvgIpc) is 3.33. The van der Waals surface area contributed by atoms with E-state index in [9.17, 15) is 9.59 Å². The van der Waals surface area contributed by atoms with Gasteiger partial charge in [-0.1, -0.05) is 22.0 Å². The minimum atomic E-state index is -0.0901. The normalized spacial score (nSPS) is 15.1. The number of amides is 2. The summed E-state index contributed by atoms with van der Waals surface area (Å²) < 4.78 is 2.74. The molecule has 7 nitrogen and oxygen atoms in total. The van der Waals surface area contributed by atoms with E-state index in [-0.39, 0.29) is 17.7 Å². The molecule has 0 bridgehead atoms. The van der Waals surface area contributed by atoms with Crippen molar-refractivity contribution in [2.75, 3.05) is 18.4 Å². The fourth-order valence-electron chi connectivity index (χ4n) is 3.57. The van der Waals surface area contributed by atoms with Crippen LogP contribution in [0.25, 0.3) is 10.9 Å². The first-order valence-corrected chi connectivity index (χ1v) is 10.2. The minimum Gasteiger partial charge on any atom is -0.350 e. The number of aromatic amines is 1. The number of aromatic nitrogens is 3. The number of nitrogens with zero attached hydrogens (tertiary/aromatic N) is 3. The van der Waals surface area contributed by atoms with Gasteiger partial charge in [0, 0.05) is 47.1 Å². The maximum Gasteiger partial charge on any atom is 0.270 e. The van der Waals surface area contributed by atoms with Crippen LogP contribution in [0.15, 0.2) is 41.1 Å². The second-order valence-electron chi connectivity index (χ2n) is 7.06. The van der Waals surface area contributed by atoms with Gasteiger partial charge < -0.3 is 15.2 Å². The third kappa shape index (κ3) is 3.82. The number of hydrogen-bond donors (Lipinski definition) is 2. The van der Waals surface area contributed by atoms with Crippen molar-refractivity contribution < 1.29 is 9.59 Å².